The van der Waals surface area contributed by atoms with Crippen LogP contribution in [0.5, 0.6) is 11.5 Å². The van der Waals surface area contributed by atoms with E-state index in [1.54, 1.807) is 71.5 Å². The second-order valence-corrected chi connectivity index (χ2v) is 20.9. The summed E-state index contributed by atoms with van der Waals surface area (Å²) in [6.45, 7) is 4.48. The molecule has 10 aromatic rings. The van der Waals surface area contributed by atoms with Crippen LogP contribution in [0.3, 0.4) is 0 Å². The first-order valence-electron chi connectivity index (χ1n) is 22.5. The lowest BCUT2D eigenvalue weighted by molar-refractivity contribution is -0.133. The van der Waals surface area contributed by atoms with E-state index in [1.165, 1.54) is 8.67 Å². The molecule has 6 aromatic carbocycles. The molecule has 4 aromatic heterocycles. The number of anilines is 1. The van der Waals surface area contributed by atoms with Crippen LogP contribution in [-0.4, -0.2) is 47.5 Å². The Morgan fingerprint density at radius 1 is 0.838 bits per heavy atom. The first-order valence-corrected chi connectivity index (χ1v) is 25.1. The van der Waals surface area contributed by atoms with Gasteiger partial charge in [0.15, 0.2) is 0 Å². The van der Waals surface area contributed by atoms with E-state index in [2.05, 4.69) is 34.6 Å². The van der Waals surface area contributed by atoms with E-state index >= 15 is 0 Å². The molecule has 0 saturated heterocycles. The molecule has 1 aliphatic heterocycles. The van der Waals surface area contributed by atoms with Gasteiger partial charge in [0.2, 0.25) is 0 Å². The zero-order valence-corrected chi connectivity index (χ0v) is 39.8. The van der Waals surface area contributed by atoms with Crippen molar-refractivity contribution in [3.63, 3.8) is 0 Å². The molecule has 0 saturated carbocycles. The third-order valence-electron chi connectivity index (χ3n) is 13.3. The fourth-order valence-electron chi connectivity index (χ4n) is 9.92. The number of aryl methyl sites for hydroxylation is 1. The summed E-state index contributed by atoms with van der Waals surface area (Å²) in [6.07, 6.45) is 6.02. The Morgan fingerprint density at radius 2 is 1.60 bits per heavy atom. The van der Waals surface area contributed by atoms with Crippen LogP contribution < -0.4 is 14.8 Å². The number of nitrogens with zero attached hydrogens (tertiary/aromatic N) is 2. The van der Waals surface area contributed by atoms with Gasteiger partial charge in [0.05, 0.1) is 29.5 Å². The molecule has 13 heteroatoms. The van der Waals surface area contributed by atoms with Gasteiger partial charge in [-0.15, -0.1) is 11.3 Å². The van der Waals surface area contributed by atoms with Gasteiger partial charge >= 0.3 is 5.97 Å². The van der Waals surface area contributed by atoms with Crippen molar-refractivity contribution in [2.75, 3.05) is 19.0 Å². The minimum atomic E-state index is -3.95. The van der Waals surface area contributed by atoms with E-state index in [0.717, 1.165) is 67.3 Å². The minimum absolute atomic E-state index is 0.0692. The lowest BCUT2D eigenvalue weighted by atomic mass is 9.86. The van der Waals surface area contributed by atoms with Crippen LogP contribution in [0.25, 0.3) is 42.8 Å². The number of aromatic amines is 1. The van der Waals surface area contributed by atoms with Gasteiger partial charge in [-0.1, -0.05) is 53.6 Å². The summed E-state index contributed by atoms with van der Waals surface area (Å²) >= 11 is 7.86. The minimum Gasteiger partial charge on any atom is -0.497 e. The van der Waals surface area contributed by atoms with Gasteiger partial charge in [0, 0.05) is 84.5 Å². The number of ether oxygens (including phenoxy) is 2. The predicted molar refractivity (Wildman–Crippen MR) is 272 cm³/mol. The van der Waals surface area contributed by atoms with E-state index in [9.17, 15) is 18.0 Å². The Hall–Kier alpha value is -7.12. The number of H-pyrrole nitrogens is 1. The average Bonchev–Trinajstić information content (AvgIpc) is 4.08. The maximum atomic E-state index is 14.5. The number of methoxy groups -OCH3 is 1. The highest BCUT2D eigenvalue weighted by Crippen LogP contribution is 2.45. The van der Waals surface area contributed by atoms with Gasteiger partial charge in [-0.25, -0.2) is 12.4 Å². The van der Waals surface area contributed by atoms with Crippen molar-refractivity contribution in [1.29, 1.82) is 0 Å². The van der Waals surface area contributed by atoms with Crippen LogP contribution in [-0.2, 0) is 27.7 Å². The Bertz CT molecular complexity index is 3720. The quantitative estimate of drug-likeness (QED) is 0.103. The number of nitrogens with one attached hydrogen (secondary N) is 2. The fraction of sp³-hybridized carbons (Fsp3) is 0.164. The van der Waals surface area contributed by atoms with E-state index < -0.39 is 16.0 Å². The summed E-state index contributed by atoms with van der Waals surface area (Å²) in [7, 11) is -2.37. The monoisotopic (exact) mass is 956 g/mol. The first kappa shape index (κ1) is 43.5. The normalized spacial score (nSPS) is 14.0. The zero-order valence-electron chi connectivity index (χ0n) is 37.4. The maximum absolute atomic E-state index is 14.5. The summed E-state index contributed by atoms with van der Waals surface area (Å²) in [6, 6.07) is 39.3. The Balaban J connectivity index is 0.954. The molecule has 340 valence electrons. The molecule has 1 aliphatic rings. The molecular formula is C55H45ClN4O6S2. The van der Waals surface area contributed by atoms with Gasteiger partial charge in [-0.3, -0.25) is 14.2 Å². The number of benzene rings is 6. The topological polar surface area (TPSA) is 124 Å². The molecule has 68 heavy (non-hydrogen) atoms. The largest absolute Gasteiger partial charge is 0.497 e. The van der Waals surface area contributed by atoms with Crippen LogP contribution in [0.2, 0.25) is 5.02 Å². The summed E-state index contributed by atoms with van der Waals surface area (Å²) in [4.78, 5) is 32.8. The highest BCUT2D eigenvalue weighted by molar-refractivity contribution is 7.90. The number of thiophene rings is 1. The van der Waals surface area contributed by atoms with Crippen LogP contribution in [0, 0.1) is 13.8 Å². The lowest BCUT2D eigenvalue weighted by Crippen LogP contribution is -2.15. The Kier molecular flexibility index (Phi) is 11.0. The third-order valence-corrected chi connectivity index (χ3v) is 16.3. The number of carbonyl (C=O) groups is 2. The van der Waals surface area contributed by atoms with Crippen LogP contribution in [0.4, 0.5) is 5.69 Å². The van der Waals surface area contributed by atoms with Gasteiger partial charge < -0.3 is 19.8 Å². The van der Waals surface area contributed by atoms with Gasteiger partial charge in [-0.2, -0.15) is 0 Å². The molecule has 0 fully saturated rings. The SMILES string of the molecule is COc1ccc2c(c1)c(CC(=O)Oc1ccc3[nH]cc(C4CCCNc5c4ccc4c5c(Cc5cc6ccccc6s5)cn4S(=O)(=O)c4ccc(C)cc4)c3c1)c(C)n2C(=O)c1ccc(Cl)cc1. The van der Waals surface area contributed by atoms with Crippen molar-refractivity contribution >= 4 is 93.3 Å². The molecule has 10 nitrogen and oxygen atoms in total. The van der Waals surface area contributed by atoms with Crippen LogP contribution in [0.15, 0.2) is 145 Å². The molecule has 0 bridgehead atoms. The van der Waals surface area contributed by atoms with Crippen molar-refractivity contribution in [2.45, 2.75) is 50.3 Å². The molecule has 0 radical (unpaired) electrons. The van der Waals surface area contributed by atoms with Gasteiger partial charge in [0.1, 0.15) is 11.5 Å². The molecule has 5 heterocycles. The molecule has 1 unspecified atom stereocenters. The second kappa shape index (κ2) is 17.2. The van der Waals surface area contributed by atoms with E-state index in [0.29, 0.717) is 62.7 Å². The number of hydrogen-bond donors (Lipinski definition) is 2. The number of hydrogen-bond acceptors (Lipinski definition) is 8. The van der Waals surface area contributed by atoms with Crippen molar-refractivity contribution in [1.82, 2.24) is 13.5 Å². The van der Waals surface area contributed by atoms with Gasteiger partial charge in [-0.05, 0) is 145 Å². The maximum Gasteiger partial charge on any atom is 0.315 e. The lowest BCUT2D eigenvalue weighted by Gasteiger charge is -2.19. The number of halogens is 1. The highest BCUT2D eigenvalue weighted by atomic mass is 35.5. The summed E-state index contributed by atoms with van der Waals surface area (Å²) in [5.41, 5.74) is 8.86. The second-order valence-electron chi connectivity index (χ2n) is 17.4. The number of rotatable bonds is 10. The van der Waals surface area contributed by atoms with E-state index in [1.807, 2.05) is 80.8 Å². The standard InChI is InChI=1S/C55H45ClN4O6S2/c1-32-10-18-41(19-11-32)68(63,64)59-31-36(26-40-25-35-7-4-5-9-51(35)67-40)53-50(59)23-20-43-42(8-6-24-57-54(43)53)47-30-58-48-21-16-39(28-45(47)48)66-52(61)29-44-33(2)60(49-22-17-38(65-3)27-46(44)49)55(62)34-12-14-37(56)15-13-34/h4-5,7,9-23,25,27-28,30-31,42,57-58H,6,8,24,26,29H2,1-3H3. The fourth-order valence-corrected chi connectivity index (χ4v) is 12.5. The van der Waals surface area contributed by atoms with Crippen molar-refractivity contribution in [3.05, 3.63) is 189 Å². The number of aromatic nitrogens is 3. The van der Waals surface area contributed by atoms with Crippen LogP contribution in [0.1, 0.15) is 67.5 Å². The molecule has 2 N–H and O–H groups in total. The number of esters is 1. The summed E-state index contributed by atoms with van der Waals surface area (Å²) < 4.78 is 44.9. The Labute approximate surface area is 401 Å². The smallest absolute Gasteiger partial charge is 0.315 e. The van der Waals surface area contributed by atoms with Crippen molar-refractivity contribution in [3.8, 4) is 11.5 Å². The summed E-state index contributed by atoms with van der Waals surface area (Å²) in [5.74, 6) is 0.203. The summed E-state index contributed by atoms with van der Waals surface area (Å²) in [5, 5.41) is 7.97. The van der Waals surface area contributed by atoms with E-state index in [-0.39, 0.29) is 23.1 Å². The predicted octanol–water partition coefficient (Wildman–Crippen LogP) is 12.6. The van der Waals surface area contributed by atoms with E-state index in [4.69, 9.17) is 21.1 Å². The van der Waals surface area contributed by atoms with Crippen LogP contribution >= 0.6 is 22.9 Å². The number of fused-ring (bicyclic) bond motifs is 6. The van der Waals surface area contributed by atoms with Crippen molar-refractivity contribution in [2.24, 2.45) is 0 Å². The average molecular weight is 958 g/mol. The first-order chi connectivity index (χ1) is 32.9. The molecule has 1 atom stereocenters. The molecule has 0 amide bonds. The highest BCUT2D eigenvalue weighted by Gasteiger charge is 2.30. The third kappa shape index (κ3) is 7.62. The zero-order chi connectivity index (χ0) is 46.8. The molecule has 0 spiro atoms. The van der Waals surface area contributed by atoms with Crippen molar-refractivity contribution < 1.29 is 27.5 Å². The number of carbonyl (C=O) groups excluding carboxylic acids is 2. The van der Waals surface area contributed by atoms with Gasteiger partial charge in [0.25, 0.3) is 15.9 Å². The Morgan fingerprint density at radius 3 is 2.40 bits per heavy atom. The molecule has 0 aliphatic carbocycles. The molecule has 11 rings (SSSR count). The molecular weight excluding hydrogens is 912 g/mol.